The Morgan fingerprint density at radius 1 is 1.69 bits per heavy atom. The zero-order valence-corrected chi connectivity index (χ0v) is 9.36. The number of carbonyl (C=O) groups excluding carboxylic acids is 1. The molecule has 0 spiro atoms. The standard InChI is InChI=1S/C12H15N3O/c1-15(8-10-3-6-14-7-10)11(16)12(9-13)4-2-5-12/h3,6-7,14H,2,4-5,8H2,1H3. The van der Waals surface area contributed by atoms with Gasteiger partial charge in [-0.25, -0.2) is 0 Å². The Bertz CT molecular complexity index is 412. The van der Waals surface area contributed by atoms with Crippen LogP contribution in [0.2, 0.25) is 0 Å². The van der Waals surface area contributed by atoms with E-state index >= 15 is 0 Å². The van der Waals surface area contributed by atoms with Crippen LogP contribution >= 0.6 is 0 Å². The molecule has 0 bridgehead atoms. The van der Waals surface area contributed by atoms with E-state index in [0.29, 0.717) is 19.4 Å². The van der Waals surface area contributed by atoms with Crippen LogP contribution < -0.4 is 0 Å². The van der Waals surface area contributed by atoms with Gasteiger partial charge in [0.2, 0.25) is 5.91 Å². The summed E-state index contributed by atoms with van der Waals surface area (Å²) in [5, 5.41) is 9.08. The van der Waals surface area contributed by atoms with Crippen LogP contribution in [0, 0.1) is 16.7 Å². The molecule has 0 unspecified atom stereocenters. The summed E-state index contributed by atoms with van der Waals surface area (Å²) in [5.41, 5.74) is 0.327. The molecule has 16 heavy (non-hydrogen) atoms. The van der Waals surface area contributed by atoms with Crippen molar-refractivity contribution in [2.75, 3.05) is 7.05 Å². The molecule has 1 aromatic rings. The average Bonchev–Trinajstić information content (AvgIpc) is 2.69. The number of nitriles is 1. The molecule has 1 aliphatic carbocycles. The van der Waals surface area contributed by atoms with Crippen molar-refractivity contribution in [1.82, 2.24) is 9.88 Å². The number of rotatable bonds is 3. The van der Waals surface area contributed by atoms with Gasteiger partial charge in [0.25, 0.3) is 0 Å². The predicted octanol–water partition coefficient (Wildman–Crippen LogP) is 1.67. The van der Waals surface area contributed by atoms with Gasteiger partial charge in [-0.3, -0.25) is 4.79 Å². The molecule has 1 fully saturated rings. The predicted molar refractivity (Wildman–Crippen MR) is 59.2 cm³/mol. The number of aromatic nitrogens is 1. The number of hydrogen-bond acceptors (Lipinski definition) is 2. The van der Waals surface area contributed by atoms with Gasteiger partial charge in [0.15, 0.2) is 0 Å². The molecule has 0 saturated heterocycles. The van der Waals surface area contributed by atoms with E-state index in [1.807, 2.05) is 18.5 Å². The molecule has 4 nitrogen and oxygen atoms in total. The van der Waals surface area contributed by atoms with Crippen molar-refractivity contribution in [1.29, 1.82) is 5.26 Å². The summed E-state index contributed by atoms with van der Waals surface area (Å²) in [6.07, 6.45) is 6.09. The lowest BCUT2D eigenvalue weighted by Gasteiger charge is -2.36. The Morgan fingerprint density at radius 3 is 2.88 bits per heavy atom. The third-order valence-electron chi connectivity index (χ3n) is 3.26. The first-order valence-corrected chi connectivity index (χ1v) is 5.46. The van der Waals surface area contributed by atoms with E-state index in [1.54, 1.807) is 11.9 Å². The largest absolute Gasteiger partial charge is 0.367 e. The fraction of sp³-hybridized carbons (Fsp3) is 0.500. The van der Waals surface area contributed by atoms with Crippen molar-refractivity contribution < 1.29 is 4.79 Å². The van der Waals surface area contributed by atoms with E-state index in [-0.39, 0.29) is 5.91 Å². The molecule has 0 atom stereocenters. The molecule has 1 saturated carbocycles. The zero-order chi connectivity index (χ0) is 11.6. The Kier molecular flexibility index (Phi) is 2.69. The maximum Gasteiger partial charge on any atom is 0.243 e. The molecule has 84 valence electrons. The minimum atomic E-state index is -0.731. The highest BCUT2D eigenvalue weighted by molar-refractivity contribution is 5.86. The van der Waals surface area contributed by atoms with Crippen LogP contribution in [0.5, 0.6) is 0 Å². The number of aromatic amines is 1. The molecule has 4 heteroatoms. The fourth-order valence-corrected chi connectivity index (χ4v) is 2.07. The van der Waals surface area contributed by atoms with E-state index in [1.165, 1.54) is 0 Å². The number of H-pyrrole nitrogens is 1. The van der Waals surface area contributed by atoms with Crippen molar-refractivity contribution in [3.8, 4) is 6.07 Å². The second kappa shape index (κ2) is 4.01. The lowest BCUT2D eigenvalue weighted by atomic mass is 9.69. The summed E-state index contributed by atoms with van der Waals surface area (Å²) < 4.78 is 0. The van der Waals surface area contributed by atoms with Gasteiger partial charge in [-0.15, -0.1) is 0 Å². The van der Waals surface area contributed by atoms with E-state index in [4.69, 9.17) is 5.26 Å². The summed E-state index contributed by atoms with van der Waals surface area (Å²) in [6.45, 7) is 0.561. The maximum absolute atomic E-state index is 12.1. The summed E-state index contributed by atoms with van der Waals surface area (Å²) in [5.74, 6) is -0.0394. The Balaban J connectivity index is 2.02. The number of carbonyl (C=O) groups is 1. The molecule has 0 aromatic carbocycles. The minimum absolute atomic E-state index is 0.0394. The number of amides is 1. The van der Waals surface area contributed by atoms with E-state index in [9.17, 15) is 4.79 Å². The van der Waals surface area contributed by atoms with Gasteiger partial charge >= 0.3 is 0 Å². The first-order valence-electron chi connectivity index (χ1n) is 5.46. The zero-order valence-electron chi connectivity index (χ0n) is 9.36. The van der Waals surface area contributed by atoms with Gasteiger partial charge in [-0.2, -0.15) is 5.26 Å². The molecule has 1 N–H and O–H groups in total. The van der Waals surface area contributed by atoms with Gasteiger partial charge in [0.05, 0.1) is 6.07 Å². The summed E-state index contributed by atoms with van der Waals surface area (Å²) >= 11 is 0. The number of nitrogens with zero attached hydrogens (tertiary/aromatic N) is 2. The molecule has 1 aliphatic rings. The molecule has 0 radical (unpaired) electrons. The van der Waals surface area contributed by atoms with Crippen molar-refractivity contribution in [3.05, 3.63) is 24.0 Å². The summed E-state index contributed by atoms with van der Waals surface area (Å²) in [7, 11) is 1.76. The van der Waals surface area contributed by atoms with Crippen LogP contribution in [-0.4, -0.2) is 22.8 Å². The molecule has 1 aromatic heterocycles. The third kappa shape index (κ3) is 1.69. The van der Waals surface area contributed by atoms with Crippen molar-refractivity contribution >= 4 is 5.91 Å². The van der Waals surface area contributed by atoms with Gasteiger partial charge in [-0.1, -0.05) is 0 Å². The second-order valence-corrected chi connectivity index (χ2v) is 4.43. The Hall–Kier alpha value is -1.76. The highest BCUT2D eigenvalue weighted by Crippen LogP contribution is 2.41. The first-order chi connectivity index (χ1) is 7.68. The Morgan fingerprint density at radius 2 is 2.44 bits per heavy atom. The highest BCUT2D eigenvalue weighted by Gasteiger charge is 2.46. The average molecular weight is 217 g/mol. The van der Waals surface area contributed by atoms with Gasteiger partial charge in [0, 0.05) is 26.0 Å². The molecule has 1 amide bonds. The topological polar surface area (TPSA) is 59.9 Å². The van der Waals surface area contributed by atoms with Crippen LogP contribution in [-0.2, 0) is 11.3 Å². The van der Waals surface area contributed by atoms with Gasteiger partial charge in [0.1, 0.15) is 5.41 Å². The molecule has 1 heterocycles. The highest BCUT2D eigenvalue weighted by atomic mass is 16.2. The number of nitrogens with one attached hydrogen (secondary N) is 1. The van der Waals surface area contributed by atoms with Crippen molar-refractivity contribution in [2.45, 2.75) is 25.8 Å². The van der Waals surface area contributed by atoms with Gasteiger partial charge in [-0.05, 0) is 30.9 Å². The summed E-state index contributed by atoms with van der Waals surface area (Å²) in [4.78, 5) is 16.7. The van der Waals surface area contributed by atoms with Gasteiger partial charge < -0.3 is 9.88 Å². The molecular weight excluding hydrogens is 202 g/mol. The SMILES string of the molecule is CN(Cc1cc[nH]c1)C(=O)C1(C#N)CCC1. The molecule has 0 aliphatic heterocycles. The smallest absolute Gasteiger partial charge is 0.243 e. The Labute approximate surface area is 94.9 Å². The fourth-order valence-electron chi connectivity index (χ4n) is 2.07. The van der Waals surface area contributed by atoms with E-state index in [2.05, 4.69) is 11.1 Å². The van der Waals surface area contributed by atoms with E-state index in [0.717, 1.165) is 12.0 Å². The van der Waals surface area contributed by atoms with Crippen LogP contribution in [0.25, 0.3) is 0 Å². The minimum Gasteiger partial charge on any atom is -0.367 e. The molecule has 2 rings (SSSR count). The van der Waals surface area contributed by atoms with Crippen LogP contribution in [0.3, 0.4) is 0 Å². The van der Waals surface area contributed by atoms with Crippen molar-refractivity contribution in [3.63, 3.8) is 0 Å². The van der Waals surface area contributed by atoms with Crippen LogP contribution in [0.15, 0.2) is 18.5 Å². The lowest BCUT2D eigenvalue weighted by Crippen LogP contribution is -2.45. The lowest BCUT2D eigenvalue weighted by molar-refractivity contribution is -0.142. The maximum atomic E-state index is 12.1. The first kappa shape index (κ1) is 10.7. The van der Waals surface area contributed by atoms with Crippen LogP contribution in [0.1, 0.15) is 24.8 Å². The van der Waals surface area contributed by atoms with Crippen LogP contribution in [0.4, 0.5) is 0 Å². The second-order valence-electron chi connectivity index (χ2n) is 4.43. The normalized spacial score (nSPS) is 17.2. The quantitative estimate of drug-likeness (QED) is 0.837. The monoisotopic (exact) mass is 217 g/mol. The summed E-state index contributed by atoms with van der Waals surface area (Å²) in [6, 6.07) is 4.11. The third-order valence-corrected chi connectivity index (χ3v) is 3.26. The van der Waals surface area contributed by atoms with E-state index < -0.39 is 5.41 Å². The molecular formula is C12H15N3O. The van der Waals surface area contributed by atoms with Crippen molar-refractivity contribution in [2.24, 2.45) is 5.41 Å². The number of hydrogen-bond donors (Lipinski definition) is 1.